The van der Waals surface area contributed by atoms with E-state index < -0.39 is 0 Å². The maximum absolute atomic E-state index is 6.62. The number of fused-ring (bicyclic) bond motifs is 7. The van der Waals surface area contributed by atoms with Crippen molar-refractivity contribution in [2.45, 2.75) is 37.7 Å². The number of hydrogen-bond acceptors (Lipinski definition) is 2. The number of aromatic nitrogens is 1. The molecule has 4 aromatic rings. The van der Waals surface area contributed by atoms with Crippen LogP contribution in [-0.2, 0) is 6.42 Å². The van der Waals surface area contributed by atoms with Crippen LogP contribution in [0.15, 0.2) is 109 Å². The van der Waals surface area contributed by atoms with Gasteiger partial charge in [-0.15, -0.1) is 0 Å². The molecule has 0 spiro atoms. The second kappa shape index (κ2) is 8.14. The number of rotatable bonds is 2. The summed E-state index contributed by atoms with van der Waals surface area (Å²) in [5, 5.41) is 3.95. The Labute approximate surface area is 216 Å². The number of ether oxygens (including phenoxy) is 1. The molecule has 1 aromatic heterocycles. The zero-order valence-corrected chi connectivity index (χ0v) is 20.7. The molecule has 2 unspecified atom stereocenters. The Morgan fingerprint density at radius 2 is 1.89 bits per heavy atom. The Hall–Kier alpha value is -4.24. The minimum Gasteiger partial charge on any atom is -0.482 e. The first-order valence-electron chi connectivity index (χ1n) is 13.4. The average Bonchev–Trinajstić information content (AvgIpc) is 3.34. The van der Waals surface area contributed by atoms with Gasteiger partial charge in [-0.3, -0.25) is 0 Å². The molecule has 1 N–H and O–H groups in total. The molecule has 4 aliphatic rings. The summed E-state index contributed by atoms with van der Waals surface area (Å²) < 4.78 is 6.62. The summed E-state index contributed by atoms with van der Waals surface area (Å²) in [4.78, 5) is 6.18. The van der Waals surface area contributed by atoms with Crippen LogP contribution >= 0.6 is 0 Å². The van der Waals surface area contributed by atoms with E-state index in [9.17, 15) is 0 Å². The highest BCUT2D eigenvalue weighted by Gasteiger charge is 2.34. The van der Waals surface area contributed by atoms with E-state index >= 15 is 0 Å². The molecule has 0 amide bonds. The first kappa shape index (κ1) is 20.9. The van der Waals surface area contributed by atoms with Crippen LogP contribution < -0.4 is 9.64 Å². The van der Waals surface area contributed by atoms with E-state index in [0.717, 1.165) is 37.1 Å². The van der Waals surface area contributed by atoms with Gasteiger partial charge < -0.3 is 14.6 Å². The van der Waals surface area contributed by atoms with Crippen LogP contribution in [0.1, 0.15) is 42.0 Å². The third-order valence-electron chi connectivity index (χ3n) is 8.27. The average molecular weight is 481 g/mol. The highest BCUT2D eigenvalue weighted by molar-refractivity contribution is 6.11. The third-order valence-corrected chi connectivity index (χ3v) is 8.27. The van der Waals surface area contributed by atoms with Crippen molar-refractivity contribution in [3.8, 4) is 5.75 Å². The maximum Gasteiger partial charge on any atom is 0.144 e. The van der Waals surface area contributed by atoms with E-state index in [1.807, 2.05) is 0 Å². The van der Waals surface area contributed by atoms with Crippen molar-refractivity contribution in [3.63, 3.8) is 0 Å². The summed E-state index contributed by atoms with van der Waals surface area (Å²) >= 11 is 0. The summed E-state index contributed by atoms with van der Waals surface area (Å²) in [5.41, 5.74) is 8.93. The van der Waals surface area contributed by atoms with Gasteiger partial charge in [0.25, 0.3) is 0 Å². The molecular formula is C34H28N2O. The fourth-order valence-electron chi connectivity index (χ4n) is 6.47. The van der Waals surface area contributed by atoms with Crippen LogP contribution in [0.25, 0.3) is 27.8 Å². The largest absolute Gasteiger partial charge is 0.482 e. The van der Waals surface area contributed by atoms with Gasteiger partial charge in [-0.25, -0.2) is 0 Å². The van der Waals surface area contributed by atoms with E-state index in [-0.39, 0.29) is 6.10 Å². The van der Waals surface area contributed by atoms with Crippen molar-refractivity contribution in [2.24, 2.45) is 0 Å². The Kier molecular flexibility index (Phi) is 4.60. The minimum atomic E-state index is 0.0649. The fraction of sp³-hybridized carbons (Fsp3) is 0.176. The van der Waals surface area contributed by atoms with Crippen molar-refractivity contribution in [1.29, 1.82) is 0 Å². The highest BCUT2D eigenvalue weighted by Crippen LogP contribution is 2.46. The van der Waals surface area contributed by atoms with Crippen LogP contribution in [0.4, 0.5) is 5.69 Å². The summed E-state index contributed by atoms with van der Waals surface area (Å²) in [6.07, 6.45) is 22.1. The molecule has 1 aliphatic heterocycles. The zero-order valence-electron chi connectivity index (χ0n) is 20.7. The van der Waals surface area contributed by atoms with Crippen molar-refractivity contribution in [3.05, 3.63) is 125 Å². The van der Waals surface area contributed by atoms with Gasteiger partial charge in [0.15, 0.2) is 0 Å². The lowest BCUT2D eigenvalue weighted by Crippen LogP contribution is -2.38. The number of nitrogens with zero attached hydrogens (tertiary/aromatic N) is 1. The first-order valence-corrected chi connectivity index (χ1v) is 13.4. The van der Waals surface area contributed by atoms with Gasteiger partial charge in [-0.2, -0.15) is 0 Å². The highest BCUT2D eigenvalue weighted by atomic mass is 16.5. The van der Waals surface area contributed by atoms with Gasteiger partial charge in [0.1, 0.15) is 11.9 Å². The predicted octanol–water partition coefficient (Wildman–Crippen LogP) is 8.32. The van der Waals surface area contributed by atoms with Crippen LogP contribution in [-0.4, -0.2) is 11.1 Å². The number of aromatic amines is 1. The molecule has 0 bridgehead atoms. The Balaban J connectivity index is 1.18. The number of H-pyrrole nitrogens is 1. The van der Waals surface area contributed by atoms with Gasteiger partial charge in [0, 0.05) is 40.2 Å². The molecule has 180 valence electrons. The molecule has 3 aromatic carbocycles. The van der Waals surface area contributed by atoms with Crippen molar-refractivity contribution < 1.29 is 4.74 Å². The minimum absolute atomic E-state index is 0.0649. The fourth-order valence-corrected chi connectivity index (χ4v) is 6.47. The standard InChI is InChI=1S/C34H28N2O/c1-2-9-25(10-3-1)36-30-12-6-7-13-32(30)37-33-21-24(16-19-31(33)36)23-14-17-27-29(20-23)35-28-18-15-22-8-4-5-11-26(22)34(27)28/h1-2,4-9,11-12,14-19,21,23,32,35H,3,10,13,20H2. The molecule has 2 atom stereocenters. The van der Waals surface area contributed by atoms with Gasteiger partial charge in [-0.1, -0.05) is 72.9 Å². The van der Waals surface area contributed by atoms with Crippen LogP contribution in [0.5, 0.6) is 5.75 Å². The Morgan fingerprint density at radius 1 is 0.946 bits per heavy atom. The second-order valence-corrected chi connectivity index (χ2v) is 10.4. The van der Waals surface area contributed by atoms with E-state index in [1.54, 1.807) is 0 Å². The second-order valence-electron chi connectivity index (χ2n) is 10.4. The van der Waals surface area contributed by atoms with Gasteiger partial charge in [-0.05, 0) is 65.9 Å². The number of benzene rings is 3. The van der Waals surface area contributed by atoms with Crippen molar-refractivity contribution >= 4 is 33.4 Å². The lowest BCUT2D eigenvalue weighted by Gasteiger charge is -2.41. The number of nitrogens with one attached hydrogen (secondary N) is 1. The Morgan fingerprint density at radius 3 is 2.84 bits per heavy atom. The van der Waals surface area contributed by atoms with Gasteiger partial charge >= 0.3 is 0 Å². The molecule has 3 aliphatic carbocycles. The van der Waals surface area contributed by atoms with E-state index in [0.29, 0.717) is 5.92 Å². The maximum atomic E-state index is 6.62. The van der Waals surface area contributed by atoms with Crippen LogP contribution in [0.2, 0.25) is 0 Å². The summed E-state index contributed by atoms with van der Waals surface area (Å²) in [6.45, 7) is 0. The van der Waals surface area contributed by atoms with E-state index in [2.05, 4.69) is 113 Å². The zero-order chi connectivity index (χ0) is 24.3. The lowest BCUT2D eigenvalue weighted by molar-refractivity contribution is 0.226. The quantitative estimate of drug-likeness (QED) is 0.312. The molecule has 37 heavy (non-hydrogen) atoms. The lowest BCUT2D eigenvalue weighted by atomic mass is 9.87. The SMILES string of the molecule is C1=CCCC(N2C3=CC=CCC3Oc3cc(C4C=Cc5c([nH]c6ccc7ccccc7c56)C4)ccc32)=C1. The molecule has 0 radical (unpaired) electrons. The molecule has 8 rings (SSSR count). The molecule has 0 saturated carbocycles. The van der Waals surface area contributed by atoms with Crippen molar-refractivity contribution in [1.82, 2.24) is 4.98 Å². The normalized spacial score (nSPS) is 21.8. The molecule has 3 nitrogen and oxygen atoms in total. The summed E-state index contributed by atoms with van der Waals surface area (Å²) in [6, 6.07) is 20.0. The molecule has 3 heteroatoms. The molecular weight excluding hydrogens is 452 g/mol. The first-order chi connectivity index (χ1) is 18.3. The Bertz CT molecular complexity index is 1730. The van der Waals surface area contributed by atoms with E-state index in [1.165, 1.54) is 49.9 Å². The van der Waals surface area contributed by atoms with Gasteiger partial charge in [0.05, 0.1) is 11.4 Å². The predicted molar refractivity (Wildman–Crippen MR) is 153 cm³/mol. The summed E-state index contributed by atoms with van der Waals surface area (Å²) in [5.74, 6) is 1.31. The van der Waals surface area contributed by atoms with E-state index in [4.69, 9.17) is 4.74 Å². The number of hydrogen-bond donors (Lipinski definition) is 1. The monoisotopic (exact) mass is 480 g/mol. The third kappa shape index (κ3) is 3.27. The molecule has 0 saturated heterocycles. The number of anilines is 1. The van der Waals surface area contributed by atoms with Crippen molar-refractivity contribution in [2.75, 3.05) is 4.90 Å². The van der Waals surface area contributed by atoms with Gasteiger partial charge in [0.2, 0.25) is 0 Å². The summed E-state index contributed by atoms with van der Waals surface area (Å²) in [7, 11) is 0. The van der Waals surface area contributed by atoms with Crippen LogP contribution in [0, 0.1) is 0 Å². The van der Waals surface area contributed by atoms with Crippen LogP contribution in [0.3, 0.4) is 0 Å². The molecule has 2 heterocycles. The topological polar surface area (TPSA) is 28.3 Å². The smallest absolute Gasteiger partial charge is 0.144 e. The molecule has 0 fully saturated rings. The number of allylic oxidation sites excluding steroid dienone is 7.